The van der Waals surface area contributed by atoms with Crippen molar-refractivity contribution in [3.63, 3.8) is 0 Å². The van der Waals surface area contributed by atoms with Gasteiger partial charge in [-0.05, 0) is 29.8 Å². The van der Waals surface area contributed by atoms with E-state index in [-0.39, 0.29) is 23.3 Å². The number of carbonyl (C=O) groups excluding carboxylic acids is 1. The lowest BCUT2D eigenvalue weighted by Gasteiger charge is -2.35. The van der Waals surface area contributed by atoms with Crippen LogP contribution < -0.4 is 14.4 Å². The van der Waals surface area contributed by atoms with Crippen LogP contribution in [0.2, 0.25) is 5.02 Å². The second kappa shape index (κ2) is 8.00. The number of anilines is 1. The van der Waals surface area contributed by atoms with E-state index in [9.17, 15) is 14.9 Å². The smallest absolute Gasteiger partial charge is 0.292 e. The van der Waals surface area contributed by atoms with Crippen molar-refractivity contribution >= 4 is 35.0 Å². The van der Waals surface area contributed by atoms with Crippen molar-refractivity contribution < 1.29 is 19.2 Å². The molecule has 0 saturated carbocycles. The summed E-state index contributed by atoms with van der Waals surface area (Å²) in [6.45, 7) is 2.15. The summed E-state index contributed by atoms with van der Waals surface area (Å²) in [5.74, 6) is 0.949. The lowest BCUT2D eigenvalue weighted by molar-refractivity contribution is -0.384. The standard InChI is InChI=1S/C20H18ClN3O5/c21-15-11-14(12-18-20(15)29-13-28-18)5-6-19(25)23-9-7-22(8-10-23)16-3-1-2-4-17(16)24(26)27/h1-6,11-12H,7-10,13H2/b6-5+. The zero-order valence-corrected chi connectivity index (χ0v) is 16.2. The van der Waals surface area contributed by atoms with Crippen LogP contribution in [0.5, 0.6) is 11.5 Å². The van der Waals surface area contributed by atoms with E-state index in [2.05, 4.69) is 0 Å². The van der Waals surface area contributed by atoms with Crippen molar-refractivity contribution in [1.82, 2.24) is 4.90 Å². The second-order valence-corrected chi connectivity index (χ2v) is 7.04. The minimum absolute atomic E-state index is 0.0758. The van der Waals surface area contributed by atoms with Crippen LogP contribution in [0.25, 0.3) is 6.08 Å². The van der Waals surface area contributed by atoms with Gasteiger partial charge in [0.25, 0.3) is 5.69 Å². The molecule has 2 aliphatic heterocycles. The van der Waals surface area contributed by atoms with E-state index in [1.807, 2.05) is 4.90 Å². The van der Waals surface area contributed by atoms with Gasteiger partial charge in [-0.2, -0.15) is 0 Å². The number of amides is 1. The average Bonchev–Trinajstić information content (AvgIpc) is 3.21. The molecule has 2 heterocycles. The van der Waals surface area contributed by atoms with Crippen LogP contribution in [-0.4, -0.2) is 48.7 Å². The topological polar surface area (TPSA) is 85.2 Å². The highest BCUT2D eigenvalue weighted by Crippen LogP contribution is 2.40. The molecule has 2 aromatic rings. The van der Waals surface area contributed by atoms with Crippen molar-refractivity contribution in [3.05, 3.63) is 63.2 Å². The van der Waals surface area contributed by atoms with Crippen LogP contribution in [0.1, 0.15) is 5.56 Å². The Balaban J connectivity index is 1.39. The third kappa shape index (κ3) is 3.97. The number of halogens is 1. The number of piperazine rings is 1. The Hall–Kier alpha value is -3.26. The summed E-state index contributed by atoms with van der Waals surface area (Å²) in [6.07, 6.45) is 3.18. The number of benzene rings is 2. The first-order valence-corrected chi connectivity index (χ1v) is 9.45. The summed E-state index contributed by atoms with van der Waals surface area (Å²) >= 11 is 6.16. The van der Waals surface area contributed by atoms with Gasteiger partial charge in [0.2, 0.25) is 12.7 Å². The number of para-hydroxylation sites is 2. The highest BCUT2D eigenvalue weighted by Gasteiger charge is 2.24. The predicted octanol–water partition coefficient (Wildman–Crippen LogP) is 3.34. The number of fused-ring (bicyclic) bond motifs is 1. The number of carbonyl (C=O) groups is 1. The number of nitro benzene ring substituents is 1. The lowest BCUT2D eigenvalue weighted by Crippen LogP contribution is -2.48. The van der Waals surface area contributed by atoms with Gasteiger partial charge in [-0.15, -0.1) is 0 Å². The van der Waals surface area contributed by atoms with Crippen molar-refractivity contribution in [2.45, 2.75) is 0 Å². The molecule has 1 amide bonds. The first-order valence-electron chi connectivity index (χ1n) is 9.07. The van der Waals surface area contributed by atoms with Gasteiger partial charge in [0, 0.05) is 38.3 Å². The quantitative estimate of drug-likeness (QED) is 0.432. The molecule has 0 N–H and O–H groups in total. The van der Waals surface area contributed by atoms with E-state index < -0.39 is 0 Å². The zero-order chi connectivity index (χ0) is 20.4. The molecule has 0 spiro atoms. The fourth-order valence-corrected chi connectivity index (χ4v) is 3.68. The van der Waals surface area contributed by atoms with E-state index in [0.29, 0.717) is 48.4 Å². The summed E-state index contributed by atoms with van der Waals surface area (Å²) in [4.78, 5) is 27.0. The second-order valence-electron chi connectivity index (χ2n) is 6.63. The first-order chi connectivity index (χ1) is 14.0. The number of hydrogen-bond acceptors (Lipinski definition) is 6. The highest BCUT2D eigenvalue weighted by molar-refractivity contribution is 6.32. The van der Waals surface area contributed by atoms with Gasteiger partial charge in [-0.1, -0.05) is 23.7 Å². The summed E-state index contributed by atoms with van der Waals surface area (Å²) in [5, 5.41) is 11.7. The molecule has 8 nitrogen and oxygen atoms in total. The van der Waals surface area contributed by atoms with Gasteiger partial charge in [0.1, 0.15) is 5.69 Å². The molecule has 0 aliphatic carbocycles. The average molecular weight is 416 g/mol. The number of hydrogen-bond donors (Lipinski definition) is 0. The van der Waals surface area contributed by atoms with Crippen molar-refractivity contribution in [1.29, 1.82) is 0 Å². The molecule has 29 heavy (non-hydrogen) atoms. The third-order valence-electron chi connectivity index (χ3n) is 4.88. The van der Waals surface area contributed by atoms with Gasteiger partial charge in [0.05, 0.1) is 9.95 Å². The molecule has 4 rings (SSSR count). The molecule has 9 heteroatoms. The normalized spacial score (nSPS) is 15.8. The maximum absolute atomic E-state index is 12.5. The van der Waals surface area contributed by atoms with Crippen LogP contribution in [0, 0.1) is 10.1 Å². The maximum Gasteiger partial charge on any atom is 0.292 e. The fourth-order valence-electron chi connectivity index (χ4n) is 3.41. The Labute approximate surface area is 172 Å². The Kier molecular flexibility index (Phi) is 5.26. The Morgan fingerprint density at radius 1 is 1.14 bits per heavy atom. The largest absolute Gasteiger partial charge is 0.454 e. The van der Waals surface area contributed by atoms with Gasteiger partial charge in [-0.3, -0.25) is 14.9 Å². The van der Waals surface area contributed by atoms with E-state index in [4.69, 9.17) is 21.1 Å². The van der Waals surface area contributed by atoms with Gasteiger partial charge in [-0.25, -0.2) is 0 Å². The molecule has 0 unspecified atom stereocenters. The summed E-state index contributed by atoms with van der Waals surface area (Å²) in [5.41, 5.74) is 1.40. The molecule has 0 aromatic heterocycles. The van der Waals surface area contributed by atoms with Gasteiger partial charge in [0.15, 0.2) is 11.5 Å². The van der Waals surface area contributed by atoms with Crippen LogP contribution >= 0.6 is 11.6 Å². The van der Waals surface area contributed by atoms with Gasteiger partial charge >= 0.3 is 0 Å². The SMILES string of the molecule is O=C(/C=C/c1cc(Cl)c2c(c1)OCO2)N1CCN(c2ccccc2[N+](=O)[O-])CC1. The third-order valence-corrected chi connectivity index (χ3v) is 5.16. The lowest BCUT2D eigenvalue weighted by atomic mass is 10.1. The zero-order valence-electron chi connectivity index (χ0n) is 15.4. The predicted molar refractivity (Wildman–Crippen MR) is 108 cm³/mol. The summed E-state index contributed by atoms with van der Waals surface area (Å²) < 4.78 is 10.6. The number of nitrogens with zero attached hydrogens (tertiary/aromatic N) is 3. The van der Waals surface area contributed by atoms with Crippen molar-refractivity contribution in [3.8, 4) is 11.5 Å². The molecule has 1 fully saturated rings. The van der Waals surface area contributed by atoms with Crippen LogP contribution in [-0.2, 0) is 4.79 Å². The Morgan fingerprint density at radius 2 is 1.90 bits per heavy atom. The molecule has 0 radical (unpaired) electrons. The molecule has 150 valence electrons. The fraction of sp³-hybridized carbons (Fsp3) is 0.250. The van der Waals surface area contributed by atoms with Crippen LogP contribution in [0.15, 0.2) is 42.5 Å². The van der Waals surface area contributed by atoms with Gasteiger partial charge < -0.3 is 19.3 Å². The summed E-state index contributed by atoms with van der Waals surface area (Å²) in [7, 11) is 0. The highest BCUT2D eigenvalue weighted by atomic mass is 35.5. The first kappa shape index (κ1) is 19.1. The van der Waals surface area contributed by atoms with E-state index in [0.717, 1.165) is 5.56 Å². The number of nitro groups is 1. The molecule has 1 saturated heterocycles. The maximum atomic E-state index is 12.5. The molecular weight excluding hydrogens is 398 g/mol. The van der Waals surface area contributed by atoms with Crippen LogP contribution in [0.4, 0.5) is 11.4 Å². The Bertz CT molecular complexity index is 986. The molecule has 0 bridgehead atoms. The van der Waals surface area contributed by atoms with E-state index in [1.165, 1.54) is 12.1 Å². The molecule has 0 atom stereocenters. The van der Waals surface area contributed by atoms with Crippen LogP contribution in [0.3, 0.4) is 0 Å². The number of rotatable bonds is 4. The minimum Gasteiger partial charge on any atom is -0.454 e. The molecular formula is C20H18ClN3O5. The monoisotopic (exact) mass is 415 g/mol. The minimum atomic E-state index is -0.383. The van der Waals surface area contributed by atoms with E-state index in [1.54, 1.807) is 41.3 Å². The Morgan fingerprint density at radius 3 is 2.66 bits per heavy atom. The van der Waals surface area contributed by atoms with Crippen molar-refractivity contribution in [2.75, 3.05) is 37.9 Å². The summed E-state index contributed by atoms with van der Waals surface area (Å²) in [6, 6.07) is 10.1. The number of ether oxygens (including phenoxy) is 2. The molecule has 2 aliphatic rings. The molecule has 2 aromatic carbocycles. The van der Waals surface area contributed by atoms with E-state index >= 15 is 0 Å². The van der Waals surface area contributed by atoms with Crippen molar-refractivity contribution in [2.24, 2.45) is 0 Å².